The van der Waals surface area contributed by atoms with Gasteiger partial charge in [0.1, 0.15) is 11.6 Å². The van der Waals surface area contributed by atoms with Crippen LogP contribution in [0.4, 0.5) is 15.8 Å². The molecule has 0 bridgehead atoms. The van der Waals surface area contributed by atoms with Crippen LogP contribution in [0.15, 0.2) is 78.9 Å². The molecule has 35 heavy (non-hydrogen) atoms. The van der Waals surface area contributed by atoms with Gasteiger partial charge in [0, 0.05) is 58.2 Å². The van der Waals surface area contributed by atoms with Crippen LogP contribution in [-0.4, -0.2) is 64.2 Å². The number of anilines is 2. The molecule has 1 aliphatic heterocycles. The molecule has 0 saturated carbocycles. The molecule has 0 spiro atoms. The summed E-state index contributed by atoms with van der Waals surface area (Å²) < 4.78 is 18.9. The Morgan fingerprint density at radius 2 is 1.60 bits per heavy atom. The average Bonchev–Trinajstić information content (AvgIpc) is 2.89. The van der Waals surface area contributed by atoms with Gasteiger partial charge < -0.3 is 19.9 Å². The first-order chi connectivity index (χ1) is 17.0. The number of carbonyl (C=O) groups excluding carboxylic acids is 1. The Labute approximate surface area is 206 Å². The predicted octanol–water partition coefficient (Wildman–Crippen LogP) is 3.95. The standard InChI is InChI=1S/C28H33FN4O2/c1-31(2)24-12-8-22(9-13-24)27(20-30-28(34)21-35-26-6-4-3-5-7-26)33-18-16-32(17-19-33)25-14-10-23(29)11-15-25/h3-15,27H,16-21H2,1-2H3,(H,30,34)/t27-/m1/s1. The topological polar surface area (TPSA) is 48.1 Å². The highest BCUT2D eigenvalue weighted by atomic mass is 19.1. The van der Waals surface area contributed by atoms with Crippen LogP contribution >= 0.6 is 0 Å². The molecule has 3 aromatic rings. The molecule has 0 radical (unpaired) electrons. The molecule has 1 fully saturated rings. The van der Waals surface area contributed by atoms with E-state index in [1.165, 1.54) is 12.1 Å². The van der Waals surface area contributed by atoms with E-state index in [1.807, 2.05) is 56.6 Å². The molecule has 1 atom stereocenters. The first kappa shape index (κ1) is 24.5. The number of benzene rings is 3. The molecule has 1 aliphatic rings. The fourth-order valence-electron chi connectivity index (χ4n) is 4.32. The molecule has 0 unspecified atom stereocenters. The van der Waals surface area contributed by atoms with Crippen LogP contribution in [0.3, 0.4) is 0 Å². The number of para-hydroxylation sites is 1. The lowest BCUT2D eigenvalue weighted by Gasteiger charge is -2.40. The van der Waals surface area contributed by atoms with Gasteiger partial charge in [-0.3, -0.25) is 9.69 Å². The molecule has 6 nitrogen and oxygen atoms in total. The number of rotatable bonds is 9. The number of halogens is 1. The zero-order valence-corrected chi connectivity index (χ0v) is 20.4. The Kier molecular flexibility index (Phi) is 8.21. The Hall–Kier alpha value is -3.58. The highest BCUT2D eigenvalue weighted by Crippen LogP contribution is 2.26. The second-order valence-corrected chi connectivity index (χ2v) is 8.91. The fourth-order valence-corrected chi connectivity index (χ4v) is 4.32. The Morgan fingerprint density at radius 1 is 0.943 bits per heavy atom. The van der Waals surface area contributed by atoms with Gasteiger partial charge in [-0.1, -0.05) is 30.3 Å². The van der Waals surface area contributed by atoms with E-state index in [0.717, 1.165) is 43.1 Å². The molecule has 184 valence electrons. The van der Waals surface area contributed by atoms with Crippen LogP contribution in [-0.2, 0) is 4.79 Å². The van der Waals surface area contributed by atoms with Crippen molar-refractivity contribution < 1.29 is 13.9 Å². The van der Waals surface area contributed by atoms with Crippen molar-refractivity contribution in [2.24, 2.45) is 0 Å². The number of piperazine rings is 1. The van der Waals surface area contributed by atoms with E-state index in [1.54, 1.807) is 0 Å². The number of amides is 1. The third-order valence-electron chi connectivity index (χ3n) is 6.35. The minimum absolute atomic E-state index is 0.0192. The lowest BCUT2D eigenvalue weighted by Crippen LogP contribution is -2.50. The summed E-state index contributed by atoms with van der Waals surface area (Å²) in [7, 11) is 4.04. The Balaban J connectivity index is 1.40. The molecule has 7 heteroatoms. The van der Waals surface area contributed by atoms with Crippen molar-refractivity contribution in [3.05, 3.63) is 90.2 Å². The Morgan fingerprint density at radius 3 is 2.23 bits per heavy atom. The lowest BCUT2D eigenvalue weighted by atomic mass is 10.0. The van der Waals surface area contributed by atoms with Gasteiger partial charge in [-0.25, -0.2) is 4.39 Å². The van der Waals surface area contributed by atoms with Crippen molar-refractivity contribution in [1.29, 1.82) is 0 Å². The number of nitrogens with zero attached hydrogens (tertiary/aromatic N) is 3. The Bertz CT molecular complexity index is 1070. The molecular weight excluding hydrogens is 443 g/mol. The van der Waals surface area contributed by atoms with Gasteiger partial charge in [0.05, 0.1) is 6.04 Å². The van der Waals surface area contributed by atoms with E-state index in [-0.39, 0.29) is 24.4 Å². The molecule has 3 aromatic carbocycles. The molecule has 1 amide bonds. The van der Waals surface area contributed by atoms with E-state index in [0.29, 0.717) is 12.3 Å². The molecular formula is C28H33FN4O2. The fraction of sp³-hybridized carbons (Fsp3) is 0.321. The van der Waals surface area contributed by atoms with Crippen LogP contribution < -0.4 is 19.9 Å². The van der Waals surface area contributed by atoms with Gasteiger partial charge in [0.2, 0.25) is 0 Å². The summed E-state index contributed by atoms with van der Waals surface area (Å²) in [4.78, 5) is 19.3. The van der Waals surface area contributed by atoms with Gasteiger partial charge in [0.25, 0.3) is 5.91 Å². The van der Waals surface area contributed by atoms with Crippen molar-refractivity contribution in [3.8, 4) is 5.75 Å². The summed E-state index contributed by atoms with van der Waals surface area (Å²) >= 11 is 0. The van der Waals surface area contributed by atoms with Crippen molar-refractivity contribution in [3.63, 3.8) is 0 Å². The first-order valence-corrected chi connectivity index (χ1v) is 12.0. The third kappa shape index (κ3) is 6.73. The largest absolute Gasteiger partial charge is 0.484 e. The lowest BCUT2D eigenvalue weighted by molar-refractivity contribution is -0.123. The number of hydrogen-bond donors (Lipinski definition) is 1. The minimum Gasteiger partial charge on any atom is -0.484 e. The van der Waals surface area contributed by atoms with Crippen LogP contribution in [0.25, 0.3) is 0 Å². The highest BCUT2D eigenvalue weighted by molar-refractivity contribution is 5.77. The SMILES string of the molecule is CN(C)c1ccc([C@@H](CNC(=O)COc2ccccc2)N2CCN(c3ccc(F)cc3)CC2)cc1. The van der Waals surface area contributed by atoms with Crippen LogP contribution in [0.1, 0.15) is 11.6 Å². The molecule has 4 rings (SSSR count). The maximum absolute atomic E-state index is 13.3. The number of carbonyl (C=O) groups is 1. The molecule has 0 aromatic heterocycles. The average molecular weight is 477 g/mol. The minimum atomic E-state index is -0.222. The van der Waals surface area contributed by atoms with E-state index in [4.69, 9.17) is 4.74 Å². The van der Waals surface area contributed by atoms with E-state index >= 15 is 0 Å². The van der Waals surface area contributed by atoms with E-state index in [2.05, 4.69) is 44.3 Å². The summed E-state index contributed by atoms with van der Waals surface area (Å²) in [6, 6.07) is 24.5. The monoisotopic (exact) mass is 476 g/mol. The maximum atomic E-state index is 13.3. The van der Waals surface area contributed by atoms with Crippen LogP contribution in [0.2, 0.25) is 0 Å². The number of ether oxygens (including phenoxy) is 1. The second kappa shape index (κ2) is 11.7. The van der Waals surface area contributed by atoms with Gasteiger partial charge >= 0.3 is 0 Å². The zero-order chi connectivity index (χ0) is 24.6. The number of nitrogens with one attached hydrogen (secondary N) is 1. The molecule has 0 aliphatic carbocycles. The van der Waals surface area contributed by atoms with Crippen molar-refractivity contribution >= 4 is 17.3 Å². The number of hydrogen-bond acceptors (Lipinski definition) is 5. The van der Waals surface area contributed by atoms with Crippen molar-refractivity contribution in [2.45, 2.75) is 6.04 Å². The van der Waals surface area contributed by atoms with E-state index < -0.39 is 0 Å². The van der Waals surface area contributed by atoms with Crippen LogP contribution in [0, 0.1) is 5.82 Å². The molecule has 1 saturated heterocycles. The predicted molar refractivity (Wildman–Crippen MR) is 139 cm³/mol. The molecule has 1 N–H and O–H groups in total. The van der Waals surface area contributed by atoms with Gasteiger partial charge in [0.15, 0.2) is 6.61 Å². The third-order valence-corrected chi connectivity index (χ3v) is 6.35. The van der Waals surface area contributed by atoms with Crippen molar-refractivity contribution in [2.75, 3.05) is 63.2 Å². The van der Waals surface area contributed by atoms with Crippen molar-refractivity contribution in [1.82, 2.24) is 10.2 Å². The summed E-state index contributed by atoms with van der Waals surface area (Å²) in [5.74, 6) is 0.310. The highest BCUT2D eigenvalue weighted by Gasteiger charge is 2.26. The summed E-state index contributed by atoms with van der Waals surface area (Å²) in [5.41, 5.74) is 3.33. The normalized spacial score (nSPS) is 14.9. The van der Waals surface area contributed by atoms with Gasteiger partial charge in [-0.15, -0.1) is 0 Å². The molecule has 1 heterocycles. The van der Waals surface area contributed by atoms with Crippen LogP contribution in [0.5, 0.6) is 5.75 Å². The maximum Gasteiger partial charge on any atom is 0.258 e. The van der Waals surface area contributed by atoms with Gasteiger partial charge in [-0.2, -0.15) is 0 Å². The zero-order valence-electron chi connectivity index (χ0n) is 20.4. The summed E-state index contributed by atoms with van der Waals surface area (Å²) in [6.45, 7) is 3.83. The van der Waals surface area contributed by atoms with E-state index in [9.17, 15) is 9.18 Å². The van der Waals surface area contributed by atoms with Gasteiger partial charge in [-0.05, 0) is 54.1 Å². The second-order valence-electron chi connectivity index (χ2n) is 8.91. The summed E-state index contributed by atoms with van der Waals surface area (Å²) in [5, 5.41) is 3.06. The quantitative estimate of drug-likeness (QED) is 0.507. The smallest absolute Gasteiger partial charge is 0.258 e. The first-order valence-electron chi connectivity index (χ1n) is 12.0. The summed E-state index contributed by atoms with van der Waals surface area (Å²) in [6.07, 6.45) is 0.